The number of carboxylic acids is 1. The SMILES string of the molecule is COc1cc2c(cc1OC)C1(CCN(Cc3cn[nH]c3C(=O)O)CC1)OCC2. The van der Waals surface area contributed by atoms with E-state index in [1.165, 1.54) is 11.1 Å². The maximum absolute atomic E-state index is 11.3. The molecule has 1 aromatic carbocycles. The largest absolute Gasteiger partial charge is 0.493 e. The van der Waals surface area contributed by atoms with Crippen LogP contribution in [0, 0.1) is 0 Å². The summed E-state index contributed by atoms with van der Waals surface area (Å²) < 4.78 is 17.3. The van der Waals surface area contributed by atoms with Gasteiger partial charge in [0.25, 0.3) is 0 Å². The second-order valence-corrected chi connectivity index (χ2v) is 7.31. The molecule has 1 aromatic heterocycles. The van der Waals surface area contributed by atoms with Crippen molar-refractivity contribution < 1.29 is 24.1 Å². The second-order valence-electron chi connectivity index (χ2n) is 7.31. The predicted molar refractivity (Wildman–Crippen MR) is 101 cm³/mol. The normalized spacial score (nSPS) is 18.6. The summed E-state index contributed by atoms with van der Waals surface area (Å²) in [7, 11) is 3.30. The number of hydrogen-bond acceptors (Lipinski definition) is 6. The highest BCUT2D eigenvalue weighted by Crippen LogP contribution is 2.45. The van der Waals surface area contributed by atoms with Crippen LogP contribution in [0.3, 0.4) is 0 Å². The first kappa shape index (κ1) is 18.8. The third-order valence-electron chi connectivity index (χ3n) is 5.84. The monoisotopic (exact) mass is 387 g/mol. The molecule has 0 aliphatic carbocycles. The first-order valence-electron chi connectivity index (χ1n) is 9.43. The zero-order valence-corrected chi connectivity index (χ0v) is 16.2. The number of methoxy groups -OCH3 is 2. The molecular weight excluding hydrogens is 362 g/mol. The van der Waals surface area contributed by atoms with Crippen LogP contribution in [0.1, 0.15) is 40.0 Å². The van der Waals surface area contributed by atoms with Gasteiger partial charge in [-0.15, -0.1) is 0 Å². The lowest BCUT2D eigenvalue weighted by molar-refractivity contribution is -0.0990. The Morgan fingerprint density at radius 2 is 2.00 bits per heavy atom. The molecule has 150 valence electrons. The zero-order valence-electron chi connectivity index (χ0n) is 16.2. The van der Waals surface area contributed by atoms with Crippen molar-refractivity contribution in [2.24, 2.45) is 0 Å². The third kappa shape index (κ3) is 3.22. The number of aromatic carboxylic acids is 1. The lowest BCUT2D eigenvalue weighted by Crippen LogP contribution is -2.46. The average Bonchev–Trinajstić information content (AvgIpc) is 3.17. The molecule has 2 aliphatic rings. The number of rotatable bonds is 5. The maximum atomic E-state index is 11.3. The molecule has 8 heteroatoms. The highest BCUT2D eigenvalue weighted by molar-refractivity contribution is 5.86. The lowest BCUT2D eigenvalue weighted by Gasteiger charge is -2.45. The number of carboxylic acid groups (broad SMARTS) is 1. The van der Waals surface area contributed by atoms with Gasteiger partial charge in [-0.2, -0.15) is 5.10 Å². The van der Waals surface area contributed by atoms with E-state index < -0.39 is 5.97 Å². The molecule has 0 bridgehead atoms. The number of likely N-dealkylation sites (tertiary alicyclic amines) is 1. The van der Waals surface area contributed by atoms with Crippen molar-refractivity contribution in [2.75, 3.05) is 33.9 Å². The van der Waals surface area contributed by atoms with Crippen LogP contribution in [-0.2, 0) is 23.3 Å². The van der Waals surface area contributed by atoms with Crippen LogP contribution in [0.4, 0.5) is 0 Å². The fourth-order valence-electron chi connectivity index (χ4n) is 4.33. The fraction of sp³-hybridized carbons (Fsp3) is 0.500. The number of H-pyrrole nitrogens is 1. The number of nitrogens with one attached hydrogen (secondary N) is 1. The Kier molecular flexibility index (Phi) is 4.99. The summed E-state index contributed by atoms with van der Waals surface area (Å²) in [6, 6.07) is 4.12. The Hall–Kier alpha value is -2.58. The van der Waals surface area contributed by atoms with Crippen LogP contribution < -0.4 is 9.47 Å². The molecule has 1 spiro atoms. The first-order chi connectivity index (χ1) is 13.6. The Balaban J connectivity index is 1.53. The topological polar surface area (TPSA) is 96.9 Å². The van der Waals surface area contributed by atoms with Gasteiger partial charge < -0.3 is 19.3 Å². The highest BCUT2D eigenvalue weighted by atomic mass is 16.5. The van der Waals surface area contributed by atoms with Crippen LogP contribution in [0.2, 0.25) is 0 Å². The standard InChI is InChI=1S/C20H25N3O5/c1-26-16-9-13-3-8-28-20(15(13)10-17(16)27-2)4-6-23(7-5-20)12-14-11-21-22-18(14)19(24)25/h9-11H,3-8,12H2,1-2H3,(H,21,22)(H,24,25). The summed E-state index contributed by atoms with van der Waals surface area (Å²) >= 11 is 0. The van der Waals surface area contributed by atoms with Crippen LogP contribution >= 0.6 is 0 Å². The molecule has 0 radical (unpaired) electrons. The van der Waals surface area contributed by atoms with Gasteiger partial charge in [0.2, 0.25) is 0 Å². The average molecular weight is 387 g/mol. The maximum Gasteiger partial charge on any atom is 0.354 e. The van der Waals surface area contributed by atoms with Gasteiger partial charge in [-0.1, -0.05) is 0 Å². The second kappa shape index (κ2) is 7.44. The molecule has 2 aromatic rings. The van der Waals surface area contributed by atoms with E-state index in [1.54, 1.807) is 20.4 Å². The molecule has 0 unspecified atom stereocenters. The minimum atomic E-state index is -0.980. The van der Waals surface area contributed by atoms with Gasteiger partial charge >= 0.3 is 5.97 Å². The van der Waals surface area contributed by atoms with E-state index in [4.69, 9.17) is 14.2 Å². The van der Waals surface area contributed by atoms with Crippen molar-refractivity contribution in [2.45, 2.75) is 31.4 Å². The van der Waals surface area contributed by atoms with E-state index in [2.05, 4.69) is 27.2 Å². The Bertz CT molecular complexity index is 871. The van der Waals surface area contributed by atoms with Crippen molar-refractivity contribution in [3.8, 4) is 11.5 Å². The number of aromatic nitrogens is 2. The Morgan fingerprint density at radius 3 is 2.68 bits per heavy atom. The van der Waals surface area contributed by atoms with Crippen LogP contribution in [-0.4, -0.2) is 60.1 Å². The Morgan fingerprint density at radius 1 is 1.29 bits per heavy atom. The van der Waals surface area contributed by atoms with Crippen molar-refractivity contribution in [3.05, 3.63) is 40.7 Å². The van der Waals surface area contributed by atoms with Gasteiger partial charge in [0, 0.05) is 25.2 Å². The number of benzene rings is 1. The third-order valence-corrected chi connectivity index (χ3v) is 5.84. The molecule has 1 fully saturated rings. The molecule has 28 heavy (non-hydrogen) atoms. The van der Waals surface area contributed by atoms with E-state index in [9.17, 15) is 9.90 Å². The predicted octanol–water partition coefficient (Wildman–Crippen LogP) is 2.19. The van der Waals surface area contributed by atoms with Gasteiger partial charge in [-0.05, 0) is 42.5 Å². The summed E-state index contributed by atoms with van der Waals surface area (Å²) in [4.78, 5) is 13.5. The van der Waals surface area contributed by atoms with Gasteiger partial charge in [-0.3, -0.25) is 10.00 Å². The zero-order chi connectivity index (χ0) is 19.7. The number of aromatic amines is 1. The molecule has 0 saturated carbocycles. The van der Waals surface area contributed by atoms with E-state index in [1.807, 2.05) is 0 Å². The molecule has 0 amide bonds. The number of fused-ring (bicyclic) bond motifs is 2. The first-order valence-corrected chi connectivity index (χ1v) is 9.43. The number of nitrogens with zero attached hydrogens (tertiary/aromatic N) is 2. The number of carbonyl (C=O) groups is 1. The summed E-state index contributed by atoms with van der Waals surface area (Å²) in [5.74, 6) is 0.488. The lowest BCUT2D eigenvalue weighted by atomic mass is 9.79. The number of ether oxygens (including phenoxy) is 3. The van der Waals surface area contributed by atoms with E-state index in [0.717, 1.165) is 43.9 Å². The number of piperidine rings is 1. The quantitative estimate of drug-likeness (QED) is 0.812. The summed E-state index contributed by atoms with van der Waals surface area (Å²) in [6.07, 6.45) is 4.14. The molecule has 0 atom stereocenters. The molecule has 2 N–H and O–H groups in total. The minimum Gasteiger partial charge on any atom is -0.493 e. The molecule has 2 aliphatic heterocycles. The van der Waals surface area contributed by atoms with E-state index in [0.29, 0.717) is 18.7 Å². The molecule has 3 heterocycles. The smallest absolute Gasteiger partial charge is 0.354 e. The molecule has 4 rings (SSSR count). The highest BCUT2D eigenvalue weighted by Gasteiger charge is 2.41. The van der Waals surface area contributed by atoms with Crippen molar-refractivity contribution in [1.82, 2.24) is 15.1 Å². The van der Waals surface area contributed by atoms with Crippen molar-refractivity contribution in [3.63, 3.8) is 0 Å². The van der Waals surface area contributed by atoms with Crippen molar-refractivity contribution in [1.29, 1.82) is 0 Å². The van der Waals surface area contributed by atoms with Gasteiger partial charge in [0.15, 0.2) is 11.5 Å². The summed E-state index contributed by atoms with van der Waals surface area (Å²) in [5.41, 5.74) is 2.98. The van der Waals surface area contributed by atoms with Gasteiger partial charge in [0.1, 0.15) is 5.69 Å². The Labute approximate surface area is 163 Å². The molecular formula is C20H25N3O5. The van der Waals surface area contributed by atoms with Crippen LogP contribution in [0.15, 0.2) is 18.3 Å². The summed E-state index contributed by atoms with van der Waals surface area (Å²) in [5, 5.41) is 15.7. The van der Waals surface area contributed by atoms with Crippen LogP contribution in [0.25, 0.3) is 0 Å². The minimum absolute atomic E-state index is 0.163. The summed E-state index contributed by atoms with van der Waals surface area (Å²) in [6.45, 7) is 2.89. The van der Waals surface area contributed by atoms with E-state index in [-0.39, 0.29) is 11.3 Å². The van der Waals surface area contributed by atoms with Gasteiger partial charge in [0.05, 0.1) is 32.6 Å². The van der Waals surface area contributed by atoms with Crippen LogP contribution in [0.5, 0.6) is 11.5 Å². The molecule has 1 saturated heterocycles. The van der Waals surface area contributed by atoms with Gasteiger partial charge in [-0.25, -0.2) is 4.79 Å². The fourth-order valence-corrected chi connectivity index (χ4v) is 4.33. The van der Waals surface area contributed by atoms with E-state index >= 15 is 0 Å². The molecule has 8 nitrogen and oxygen atoms in total. The number of hydrogen-bond donors (Lipinski definition) is 2. The van der Waals surface area contributed by atoms with Crippen molar-refractivity contribution >= 4 is 5.97 Å².